The van der Waals surface area contributed by atoms with Crippen molar-refractivity contribution in [2.24, 2.45) is 0 Å². The van der Waals surface area contributed by atoms with Crippen molar-refractivity contribution in [2.45, 2.75) is 6.36 Å². The third kappa shape index (κ3) is 2.50. The second-order valence-corrected chi connectivity index (χ2v) is 4.52. The van der Waals surface area contributed by atoms with Crippen LogP contribution in [0.4, 0.5) is 19.1 Å². The van der Waals surface area contributed by atoms with Gasteiger partial charge in [-0.25, -0.2) is 9.97 Å². The summed E-state index contributed by atoms with van der Waals surface area (Å²) in [5.74, 6) is -0.531. The van der Waals surface area contributed by atoms with Crippen LogP contribution >= 0.6 is 11.6 Å². The molecule has 0 aliphatic rings. The van der Waals surface area contributed by atoms with Crippen molar-refractivity contribution in [3.8, 4) is 11.4 Å². The molecule has 0 fully saturated rings. The molecule has 2 heterocycles. The second-order valence-electron chi connectivity index (χ2n) is 4.16. The van der Waals surface area contributed by atoms with Crippen molar-refractivity contribution in [3.63, 3.8) is 0 Å². The van der Waals surface area contributed by atoms with E-state index in [1.54, 1.807) is 0 Å². The van der Waals surface area contributed by atoms with Gasteiger partial charge >= 0.3 is 6.36 Å². The first-order valence-corrected chi connectivity index (χ1v) is 6.24. The van der Waals surface area contributed by atoms with E-state index in [2.05, 4.69) is 19.7 Å². The number of alkyl halides is 3. The van der Waals surface area contributed by atoms with Gasteiger partial charge in [-0.1, -0.05) is 23.7 Å². The fourth-order valence-corrected chi connectivity index (χ4v) is 2.21. The highest BCUT2D eigenvalue weighted by molar-refractivity contribution is 6.33. The van der Waals surface area contributed by atoms with Crippen LogP contribution in [0, 0.1) is 0 Å². The molecule has 2 aromatic heterocycles. The number of aromatic nitrogens is 4. The van der Waals surface area contributed by atoms with Gasteiger partial charge in [0.05, 0.1) is 5.69 Å². The molecule has 0 amide bonds. The number of halogens is 4. The van der Waals surface area contributed by atoms with Crippen LogP contribution in [-0.4, -0.2) is 25.9 Å². The molecule has 0 radical (unpaired) electrons. The molecule has 6 nitrogen and oxygen atoms in total. The standard InChI is InChI=1S/C12H7ClF3N5O/c13-9-8-10(19-5-18-9)20-11(17)21(8)6-3-1-2-4-7(6)22-12(14,15)16/h1-5H,(H2,17,18,19,20). The monoisotopic (exact) mass is 329 g/mol. The molecule has 0 spiro atoms. The zero-order valence-corrected chi connectivity index (χ0v) is 11.4. The average molecular weight is 330 g/mol. The number of nitrogens with zero attached hydrogens (tertiary/aromatic N) is 4. The van der Waals surface area contributed by atoms with Gasteiger partial charge in [0.15, 0.2) is 16.5 Å². The van der Waals surface area contributed by atoms with Crippen molar-refractivity contribution in [1.82, 2.24) is 19.5 Å². The summed E-state index contributed by atoms with van der Waals surface area (Å²) in [6.45, 7) is 0. The molecule has 0 aliphatic carbocycles. The molecule has 3 aromatic rings. The molecular weight excluding hydrogens is 323 g/mol. The lowest BCUT2D eigenvalue weighted by Gasteiger charge is -2.14. The minimum atomic E-state index is -4.85. The molecule has 114 valence electrons. The molecule has 0 bridgehead atoms. The highest BCUT2D eigenvalue weighted by atomic mass is 35.5. The third-order valence-corrected chi connectivity index (χ3v) is 3.04. The van der Waals surface area contributed by atoms with Crippen LogP contribution in [0.25, 0.3) is 16.9 Å². The Bertz CT molecular complexity index is 848. The number of ether oxygens (including phenoxy) is 1. The fourth-order valence-electron chi connectivity index (χ4n) is 1.99. The summed E-state index contributed by atoms with van der Waals surface area (Å²) in [5, 5.41) is 0.0102. The van der Waals surface area contributed by atoms with E-state index in [-0.39, 0.29) is 28.0 Å². The molecular formula is C12H7ClF3N5O. The second kappa shape index (κ2) is 5.02. The van der Waals surface area contributed by atoms with Crippen molar-refractivity contribution >= 4 is 28.7 Å². The predicted molar refractivity (Wildman–Crippen MR) is 72.8 cm³/mol. The number of nitrogen functional groups attached to an aromatic ring is 1. The Morgan fingerprint density at radius 1 is 1.18 bits per heavy atom. The van der Waals surface area contributed by atoms with Crippen LogP contribution in [0.1, 0.15) is 0 Å². The molecule has 2 N–H and O–H groups in total. The molecule has 22 heavy (non-hydrogen) atoms. The maximum Gasteiger partial charge on any atom is 0.573 e. The van der Waals surface area contributed by atoms with E-state index in [1.165, 1.54) is 29.1 Å². The van der Waals surface area contributed by atoms with E-state index >= 15 is 0 Å². The van der Waals surface area contributed by atoms with Crippen LogP contribution in [0.15, 0.2) is 30.6 Å². The summed E-state index contributed by atoms with van der Waals surface area (Å²) in [4.78, 5) is 11.6. The number of rotatable bonds is 2. The van der Waals surface area contributed by atoms with Gasteiger partial charge in [0.25, 0.3) is 0 Å². The summed E-state index contributed by atoms with van der Waals surface area (Å²) < 4.78 is 42.8. The topological polar surface area (TPSA) is 78.9 Å². The third-order valence-electron chi connectivity index (χ3n) is 2.76. The van der Waals surface area contributed by atoms with Crippen LogP contribution in [-0.2, 0) is 0 Å². The Morgan fingerprint density at radius 2 is 1.91 bits per heavy atom. The summed E-state index contributed by atoms with van der Waals surface area (Å²) in [5.41, 5.74) is 6.16. The molecule has 0 saturated carbocycles. The fraction of sp³-hybridized carbons (Fsp3) is 0.0833. The number of benzene rings is 1. The molecule has 0 saturated heterocycles. The number of imidazole rings is 1. The first kappa shape index (κ1) is 14.4. The van der Waals surface area contributed by atoms with Crippen LogP contribution < -0.4 is 10.5 Å². The van der Waals surface area contributed by atoms with Crippen molar-refractivity contribution in [3.05, 3.63) is 35.7 Å². The van der Waals surface area contributed by atoms with Crippen molar-refractivity contribution in [2.75, 3.05) is 5.73 Å². The highest BCUT2D eigenvalue weighted by Crippen LogP contribution is 2.33. The van der Waals surface area contributed by atoms with Crippen molar-refractivity contribution < 1.29 is 17.9 Å². The maximum absolute atomic E-state index is 12.5. The van der Waals surface area contributed by atoms with Gasteiger partial charge < -0.3 is 10.5 Å². The molecule has 0 atom stereocenters. The molecule has 10 heteroatoms. The van der Waals surface area contributed by atoms with Gasteiger partial charge in [0.1, 0.15) is 11.8 Å². The Labute approximate surface area is 126 Å². The van der Waals surface area contributed by atoms with E-state index < -0.39 is 12.1 Å². The van der Waals surface area contributed by atoms with E-state index in [1.807, 2.05) is 0 Å². The number of para-hydroxylation sites is 2. The normalized spacial score (nSPS) is 11.8. The van der Waals surface area contributed by atoms with Gasteiger partial charge in [-0.05, 0) is 12.1 Å². The predicted octanol–water partition coefficient (Wildman–Crippen LogP) is 2.95. The summed E-state index contributed by atoms with van der Waals surface area (Å²) in [7, 11) is 0. The van der Waals surface area contributed by atoms with Gasteiger partial charge in [-0.3, -0.25) is 4.57 Å². The molecule has 0 unspecified atom stereocenters. The number of anilines is 1. The first-order valence-electron chi connectivity index (χ1n) is 5.86. The average Bonchev–Trinajstić information content (AvgIpc) is 2.75. The number of nitrogens with two attached hydrogens (primary N) is 1. The van der Waals surface area contributed by atoms with E-state index in [0.29, 0.717) is 0 Å². The van der Waals surface area contributed by atoms with Crippen LogP contribution in [0.2, 0.25) is 5.15 Å². The Balaban J connectivity index is 2.27. The maximum atomic E-state index is 12.5. The zero-order valence-electron chi connectivity index (χ0n) is 10.7. The van der Waals surface area contributed by atoms with Gasteiger partial charge in [-0.15, -0.1) is 13.2 Å². The Hall–Kier alpha value is -2.55. The lowest BCUT2D eigenvalue weighted by Crippen LogP contribution is -2.18. The molecule has 3 rings (SSSR count). The lowest BCUT2D eigenvalue weighted by molar-refractivity contribution is -0.274. The molecule has 1 aromatic carbocycles. The van der Waals surface area contributed by atoms with E-state index in [0.717, 1.165) is 6.07 Å². The largest absolute Gasteiger partial charge is 0.573 e. The summed E-state index contributed by atoms with van der Waals surface area (Å²) in [6, 6.07) is 5.48. The SMILES string of the molecule is Nc1nc2ncnc(Cl)c2n1-c1ccccc1OC(F)(F)F. The van der Waals surface area contributed by atoms with Gasteiger partial charge in [0.2, 0.25) is 5.95 Å². The quantitative estimate of drug-likeness (QED) is 0.731. The van der Waals surface area contributed by atoms with E-state index in [4.69, 9.17) is 17.3 Å². The summed E-state index contributed by atoms with van der Waals surface area (Å²) in [6.07, 6.45) is -3.67. The smallest absolute Gasteiger partial charge is 0.404 e. The van der Waals surface area contributed by atoms with E-state index in [9.17, 15) is 13.2 Å². The van der Waals surface area contributed by atoms with Crippen molar-refractivity contribution in [1.29, 1.82) is 0 Å². The number of hydrogen-bond donors (Lipinski definition) is 1. The number of hydrogen-bond acceptors (Lipinski definition) is 5. The minimum Gasteiger partial charge on any atom is -0.404 e. The first-order chi connectivity index (χ1) is 10.4. The van der Waals surface area contributed by atoms with Gasteiger partial charge in [-0.2, -0.15) is 4.98 Å². The number of fused-ring (bicyclic) bond motifs is 1. The minimum absolute atomic E-state index is 0.0102. The van der Waals surface area contributed by atoms with Crippen LogP contribution in [0.5, 0.6) is 5.75 Å². The Kier molecular flexibility index (Phi) is 3.28. The summed E-state index contributed by atoms with van der Waals surface area (Å²) >= 11 is 5.98. The molecule has 0 aliphatic heterocycles. The highest BCUT2D eigenvalue weighted by Gasteiger charge is 2.32. The lowest BCUT2D eigenvalue weighted by atomic mass is 10.3. The van der Waals surface area contributed by atoms with Gasteiger partial charge in [0, 0.05) is 0 Å². The Morgan fingerprint density at radius 3 is 2.64 bits per heavy atom. The zero-order chi connectivity index (χ0) is 15.9. The van der Waals surface area contributed by atoms with Crippen LogP contribution in [0.3, 0.4) is 0 Å².